The fourth-order valence-electron chi connectivity index (χ4n) is 1.08. The van der Waals surface area contributed by atoms with Gasteiger partial charge in [-0.25, -0.2) is 0 Å². The molecule has 0 bridgehead atoms. The Hall–Kier alpha value is -1.31. The van der Waals surface area contributed by atoms with Gasteiger partial charge in [0.25, 0.3) is 5.69 Å². The summed E-state index contributed by atoms with van der Waals surface area (Å²) in [4.78, 5) is 9.95. The molecular weight excluding hydrogens is 239 g/mol. The van der Waals surface area contributed by atoms with Crippen LogP contribution in [0.15, 0.2) is 24.3 Å². The van der Waals surface area contributed by atoms with Gasteiger partial charge in [0.05, 0.1) is 4.92 Å². The maximum Gasteiger partial charge on any atom is 0.269 e. The van der Waals surface area contributed by atoms with Gasteiger partial charge in [0.2, 0.25) is 4.33 Å². The number of hydrogen-bond acceptors (Lipinski definition) is 3. The molecule has 1 aromatic carbocycles. The third-order valence-corrected chi connectivity index (χ3v) is 2.15. The number of hydrogen-bond donors (Lipinski definition) is 0. The second-order valence-corrected chi connectivity index (χ2v) is 4.40. The van der Waals surface area contributed by atoms with E-state index in [0.29, 0.717) is 5.56 Å². The molecule has 1 rings (SSSR count). The van der Waals surface area contributed by atoms with E-state index < -0.39 is 9.26 Å². The summed E-state index contributed by atoms with van der Waals surface area (Å²) in [6, 6.07) is 7.56. The van der Waals surface area contributed by atoms with Crippen LogP contribution in [0.2, 0.25) is 0 Å². The SMILES string of the molecule is N#CC(Cl)(Cl)Cc1cccc([N+](=O)[O-])c1. The first kappa shape index (κ1) is 11.8. The van der Waals surface area contributed by atoms with Crippen LogP contribution in [-0.2, 0) is 6.42 Å². The first-order chi connectivity index (χ1) is 6.94. The average molecular weight is 245 g/mol. The molecule has 78 valence electrons. The van der Waals surface area contributed by atoms with Crippen molar-refractivity contribution < 1.29 is 4.92 Å². The molecule has 0 spiro atoms. The molecule has 0 heterocycles. The summed E-state index contributed by atoms with van der Waals surface area (Å²) in [5, 5.41) is 19.0. The standard InChI is InChI=1S/C9H6Cl2N2O2/c10-9(11,6-12)5-7-2-1-3-8(4-7)13(14)15/h1-4H,5H2. The molecule has 0 aliphatic carbocycles. The molecule has 0 radical (unpaired) electrons. The molecule has 0 aliphatic rings. The second kappa shape index (κ2) is 4.47. The van der Waals surface area contributed by atoms with E-state index >= 15 is 0 Å². The van der Waals surface area contributed by atoms with Crippen molar-refractivity contribution >= 4 is 28.9 Å². The molecule has 0 unspecified atom stereocenters. The van der Waals surface area contributed by atoms with E-state index in [1.807, 2.05) is 0 Å². The average Bonchev–Trinajstić information content (AvgIpc) is 2.17. The van der Waals surface area contributed by atoms with Crippen LogP contribution in [0.3, 0.4) is 0 Å². The highest BCUT2D eigenvalue weighted by molar-refractivity contribution is 6.50. The van der Waals surface area contributed by atoms with Crippen molar-refractivity contribution in [2.75, 3.05) is 0 Å². The number of halogens is 2. The lowest BCUT2D eigenvalue weighted by atomic mass is 10.1. The maximum atomic E-state index is 10.5. The van der Waals surface area contributed by atoms with Gasteiger partial charge in [0.15, 0.2) is 0 Å². The molecule has 0 aromatic heterocycles. The summed E-state index contributed by atoms with van der Waals surface area (Å²) in [6.07, 6.45) is 0.0499. The highest BCUT2D eigenvalue weighted by atomic mass is 35.5. The van der Waals surface area contributed by atoms with Gasteiger partial charge in [-0.05, 0) is 5.56 Å². The number of benzene rings is 1. The summed E-state index contributed by atoms with van der Waals surface area (Å²) < 4.78 is -1.55. The second-order valence-electron chi connectivity index (χ2n) is 2.92. The van der Waals surface area contributed by atoms with Gasteiger partial charge in [-0.1, -0.05) is 35.3 Å². The molecule has 0 saturated heterocycles. The highest BCUT2D eigenvalue weighted by Crippen LogP contribution is 2.26. The van der Waals surface area contributed by atoms with Gasteiger partial charge in [-0.2, -0.15) is 5.26 Å². The fraction of sp³-hybridized carbons (Fsp3) is 0.222. The van der Waals surface area contributed by atoms with Gasteiger partial charge in [-0.15, -0.1) is 0 Å². The maximum absolute atomic E-state index is 10.5. The monoisotopic (exact) mass is 244 g/mol. The Labute approximate surface area is 96.2 Å². The lowest BCUT2D eigenvalue weighted by Gasteiger charge is -2.09. The normalized spacial score (nSPS) is 10.7. The van der Waals surface area contributed by atoms with Gasteiger partial charge >= 0.3 is 0 Å². The molecule has 0 fully saturated rings. The van der Waals surface area contributed by atoms with Crippen molar-refractivity contribution in [2.24, 2.45) is 0 Å². The predicted molar refractivity (Wildman–Crippen MR) is 56.9 cm³/mol. The Morgan fingerprint density at radius 1 is 1.53 bits per heavy atom. The van der Waals surface area contributed by atoms with Crippen molar-refractivity contribution in [3.05, 3.63) is 39.9 Å². The molecule has 1 aromatic rings. The quantitative estimate of drug-likeness (QED) is 0.467. The number of nitro groups is 1. The Morgan fingerprint density at radius 3 is 2.73 bits per heavy atom. The van der Waals surface area contributed by atoms with Crippen molar-refractivity contribution in [3.63, 3.8) is 0 Å². The van der Waals surface area contributed by atoms with Crippen LogP contribution in [0.25, 0.3) is 0 Å². The van der Waals surface area contributed by atoms with Crippen LogP contribution in [0, 0.1) is 21.4 Å². The van der Waals surface area contributed by atoms with Crippen molar-refractivity contribution in [2.45, 2.75) is 10.8 Å². The van der Waals surface area contributed by atoms with Gasteiger partial charge in [0.1, 0.15) is 6.07 Å². The first-order valence-electron chi connectivity index (χ1n) is 3.97. The lowest BCUT2D eigenvalue weighted by molar-refractivity contribution is -0.384. The van der Waals surface area contributed by atoms with E-state index in [1.165, 1.54) is 18.2 Å². The summed E-state index contributed by atoms with van der Waals surface area (Å²) in [5.74, 6) is 0. The summed E-state index contributed by atoms with van der Waals surface area (Å²) in [7, 11) is 0. The van der Waals surface area contributed by atoms with Crippen LogP contribution in [0.4, 0.5) is 5.69 Å². The Morgan fingerprint density at radius 2 is 2.20 bits per heavy atom. The minimum Gasteiger partial charge on any atom is -0.258 e. The molecule has 6 heteroatoms. The molecule has 0 amide bonds. The Balaban J connectivity index is 2.93. The molecule has 0 atom stereocenters. The Bertz CT molecular complexity index is 426. The van der Waals surface area contributed by atoms with E-state index in [4.69, 9.17) is 28.5 Å². The van der Waals surface area contributed by atoms with Crippen molar-refractivity contribution in [1.82, 2.24) is 0 Å². The van der Waals surface area contributed by atoms with Gasteiger partial charge in [-0.3, -0.25) is 10.1 Å². The van der Waals surface area contributed by atoms with E-state index in [9.17, 15) is 10.1 Å². The molecule has 15 heavy (non-hydrogen) atoms. The van der Waals surface area contributed by atoms with E-state index in [2.05, 4.69) is 0 Å². The lowest BCUT2D eigenvalue weighted by Crippen LogP contribution is -2.13. The zero-order valence-corrected chi connectivity index (χ0v) is 9.00. The molecule has 4 nitrogen and oxygen atoms in total. The molecular formula is C9H6Cl2N2O2. The molecule has 0 N–H and O–H groups in total. The van der Waals surface area contributed by atoms with E-state index in [-0.39, 0.29) is 12.1 Å². The summed E-state index contributed by atoms with van der Waals surface area (Å²) >= 11 is 11.2. The third-order valence-electron chi connectivity index (χ3n) is 1.71. The zero-order valence-electron chi connectivity index (χ0n) is 7.48. The van der Waals surface area contributed by atoms with Crippen LogP contribution in [0.1, 0.15) is 5.56 Å². The van der Waals surface area contributed by atoms with Crippen LogP contribution < -0.4 is 0 Å². The zero-order chi connectivity index (χ0) is 11.5. The van der Waals surface area contributed by atoms with Crippen molar-refractivity contribution in [1.29, 1.82) is 5.26 Å². The number of rotatable bonds is 3. The van der Waals surface area contributed by atoms with Gasteiger partial charge in [0, 0.05) is 18.6 Å². The smallest absolute Gasteiger partial charge is 0.258 e. The largest absolute Gasteiger partial charge is 0.269 e. The summed E-state index contributed by atoms with van der Waals surface area (Å²) in [5.41, 5.74) is 0.505. The third kappa shape index (κ3) is 3.39. The number of non-ortho nitro benzene ring substituents is 1. The van der Waals surface area contributed by atoms with Crippen molar-refractivity contribution in [3.8, 4) is 6.07 Å². The van der Waals surface area contributed by atoms with Crippen LogP contribution >= 0.6 is 23.2 Å². The predicted octanol–water partition coefficient (Wildman–Crippen LogP) is 2.83. The minimum absolute atomic E-state index is 0.0467. The van der Waals surface area contributed by atoms with E-state index in [1.54, 1.807) is 12.1 Å². The minimum atomic E-state index is -1.55. The molecule has 0 aliphatic heterocycles. The summed E-state index contributed by atoms with van der Waals surface area (Å²) in [6.45, 7) is 0. The fourth-order valence-corrected chi connectivity index (χ4v) is 1.38. The molecule has 0 saturated carbocycles. The topological polar surface area (TPSA) is 66.9 Å². The van der Waals surface area contributed by atoms with Gasteiger partial charge < -0.3 is 0 Å². The van der Waals surface area contributed by atoms with Crippen LogP contribution in [0.5, 0.6) is 0 Å². The first-order valence-corrected chi connectivity index (χ1v) is 4.72. The van der Waals surface area contributed by atoms with Crippen LogP contribution in [-0.4, -0.2) is 9.26 Å². The number of nitrogens with zero attached hydrogens (tertiary/aromatic N) is 2. The number of nitro benzene ring substituents is 1. The number of alkyl halides is 2. The highest BCUT2D eigenvalue weighted by Gasteiger charge is 2.24. The Kier molecular flexibility index (Phi) is 3.51. The van der Waals surface area contributed by atoms with E-state index in [0.717, 1.165) is 0 Å². The number of nitriles is 1.